The summed E-state index contributed by atoms with van der Waals surface area (Å²) in [4.78, 5) is 20.0. The van der Waals surface area contributed by atoms with Crippen molar-refractivity contribution in [1.82, 2.24) is 9.97 Å². The molecule has 5 nitrogen and oxygen atoms in total. The topological polar surface area (TPSA) is 80.9 Å². The molecule has 0 bridgehead atoms. The Morgan fingerprint density at radius 3 is 2.84 bits per heavy atom. The first-order valence-electron chi connectivity index (χ1n) is 8.16. The van der Waals surface area contributed by atoms with Crippen LogP contribution in [0.4, 0.5) is 10.2 Å². The van der Waals surface area contributed by atoms with Gasteiger partial charge in [-0.15, -0.1) is 0 Å². The summed E-state index contributed by atoms with van der Waals surface area (Å²) < 4.78 is 14.7. The maximum absolute atomic E-state index is 14.7. The summed E-state index contributed by atoms with van der Waals surface area (Å²) in [5.74, 6) is -0.0977. The Morgan fingerprint density at radius 2 is 2.16 bits per heavy atom. The molecule has 130 valence electrons. The third kappa shape index (κ3) is 3.24. The lowest BCUT2D eigenvalue weighted by atomic mass is 9.80. The minimum Gasteiger partial charge on any atom is -0.366 e. The zero-order valence-corrected chi connectivity index (χ0v) is 14.5. The normalized spacial score (nSPS) is 23.1. The van der Waals surface area contributed by atoms with Gasteiger partial charge in [0, 0.05) is 17.8 Å². The summed E-state index contributed by atoms with van der Waals surface area (Å²) in [6.45, 7) is 5.84. The molecule has 0 saturated heterocycles. The SMILES string of the molecule is CC1=CC(CNc2ncnc3c(C(N)=O)cccc23)=CC(C)(F)C1C. The fourth-order valence-electron chi connectivity index (χ4n) is 3.11. The van der Waals surface area contributed by atoms with Gasteiger partial charge in [-0.2, -0.15) is 0 Å². The predicted molar refractivity (Wildman–Crippen MR) is 97.1 cm³/mol. The second-order valence-electron chi connectivity index (χ2n) is 6.62. The summed E-state index contributed by atoms with van der Waals surface area (Å²) in [6.07, 6.45) is 5.03. The second kappa shape index (κ2) is 6.27. The molecule has 2 atom stereocenters. The highest BCUT2D eigenvalue weighted by atomic mass is 19.1. The molecule has 0 saturated carbocycles. The van der Waals surface area contributed by atoms with Crippen LogP contribution in [0.1, 0.15) is 31.1 Å². The Kier molecular flexibility index (Phi) is 4.29. The van der Waals surface area contributed by atoms with Crippen LogP contribution in [-0.2, 0) is 0 Å². The number of carbonyl (C=O) groups excluding carboxylic acids is 1. The quantitative estimate of drug-likeness (QED) is 0.894. The first-order valence-corrected chi connectivity index (χ1v) is 8.16. The highest BCUT2D eigenvalue weighted by molar-refractivity contribution is 6.06. The zero-order chi connectivity index (χ0) is 18.2. The Bertz CT molecular complexity index is 901. The van der Waals surface area contributed by atoms with Crippen LogP contribution in [0, 0.1) is 5.92 Å². The molecule has 0 aliphatic heterocycles. The lowest BCUT2D eigenvalue weighted by Gasteiger charge is -2.30. The highest BCUT2D eigenvalue weighted by Gasteiger charge is 2.32. The summed E-state index contributed by atoms with van der Waals surface area (Å²) in [5.41, 5.74) is 6.74. The average molecular weight is 340 g/mol. The van der Waals surface area contributed by atoms with Crippen LogP contribution in [0.5, 0.6) is 0 Å². The molecule has 6 heteroatoms. The van der Waals surface area contributed by atoms with Crippen LogP contribution >= 0.6 is 0 Å². The second-order valence-corrected chi connectivity index (χ2v) is 6.62. The minimum atomic E-state index is -1.37. The Balaban J connectivity index is 1.90. The van der Waals surface area contributed by atoms with Gasteiger partial charge in [0.1, 0.15) is 17.8 Å². The van der Waals surface area contributed by atoms with Crippen molar-refractivity contribution >= 4 is 22.6 Å². The number of benzene rings is 1. The number of primary amides is 1. The van der Waals surface area contributed by atoms with Crippen LogP contribution in [0.2, 0.25) is 0 Å². The largest absolute Gasteiger partial charge is 0.366 e. The van der Waals surface area contributed by atoms with E-state index in [0.717, 1.165) is 11.1 Å². The third-order valence-electron chi connectivity index (χ3n) is 4.80. The van der Waals surface area contributed by atoms with Gasteiger partial charge in [-0.1, -0.05) is 24.6 Å². The average Bonchev–Trinajstić information content (AvgIpc) is 2.56. The molecular formula is C19H21FN4O. The number of hydrogen-bond donors (Lipinski definition) is 2. The lowest BCUT2D eigenvalue weighted by molar-refractivity contribution is 0.100. The molecular weight excluding hydrogens is 319 g/mol. The van der Waals surface area contributed by atoms with E-state index < -0.39 is 11.6 Å². The van der Waals surface area contributed by atoms with Crippen molar-refractivity contribution < 1.29 is 9.18 Å². The van der Waals surface area contributed by atoms with Crippen LogP contribution in [-0.4, -0.2) is 28.1 Å². The van der Waals surface area contributed by atoms with Gasteiger partial charge >= 0.3 is 0 Å². The Morgan fingerprint density at radius 1 is 1.40 bits per heavy atom. The maximum Gasteiger partial charge on any atom is 0.250 e. The molecule has 2 unspecified atom stereocenters. The molecule has 0 fully saturated rings. The van der Waals surface area contributed by atoms with Crippen molar-refractivity contribution in [3.05, 3.63) is 53.4 Å². The molecule has 3 rings (SSSR count). The molecule has 1 aromatic carbocycles. The number of alkyl halides is 1. The molecule has 1 aliphatic rings. The standard InChI is InChI=1S/C19H21FN4O/c1-11-7-13(8-19(3,20)12(11)2)9-22-18-15-6-4-5-14(17(21)25)16(15)23-10-24-18/h4-8,10,12H,9H2,1-3H3,(H2,21,25)(H,22,23,24). The number of para-hydroxylation sites is 1. The van der Waals surface area contributed by atoms with E-state index >= 15 is 0 Å². The summed E-state index contributed by atoms with van der Waals surface area (Å²) in [5, 5.41) is 3.92. The number of anilines is 1. The van der Waals surface area contributed by atoms with Crippen LogP contribution in [0.15, 0.2) is 47.8 Å². The van der Waals surface area contributed by atoms with Crippen LogP contribution in [0.3, 0.4) is 0 Å². The molecule has 0 radical (unpaired) electrons. The van der Waals surface area contributed by atoms with E-state index in [1.807, 2.05) is 26.0 Å². The number of aromatic nitrogens is 2. The van der Waals surface area contributed by atoms with Crippen molar-refractivity contribution in [2.45, 2.75) is 26.4 Å². The molecule has 2 aromatic rings. The minimum absolute atomic E-state index is 0.144. The predicted octanol–water partition coefficient (Wildman–Crippen LogP) is 3.39. The highest BCUT2D eigenvalue weighted by Crippen LogP contribution is 2.35. The lowest BCUT2D eigenvalue weighted by Crippen LogP contribution is -2.30. The number of amides is 1. The zero-order valence-electron chi connectivity index (χ0n) is 14.5. The van der Waals surface area contributed by atoms with Gasteiger partial charge in [0.2, 0.25) is 0 Å². The smallest absolute Gasteiger partial charge is 0.250 e. The molecule has 25 heavy (non-hydrogen) atoms. The summed E-state index contributed by atoms with van der Waals surface area (Å²) in [6, 6.07) is 5.19. The molecule has 3 N–H and O–H groups in total. The number of carbonyl (C=O) groups is 1. The number of hydrogen-bond acceptors (Lipinski definition) is 4. The van der Waals surface area contributed by atoms with Crippen LogP contribution < -0.4 is 11.1 Å². The molecule has 1 amide bonds. The number of nitrogens with zero attached hydrogens (tertiary/aromatic N) is 2. The van der Waals surface area contributed by atoms with E-state index in [2.05, 4.69) is 15.3 Å². The van der Waals surface area contributed by atoms with E-state index in [9.17, 15) is 9.18 Å². The monoisotopic (exact) mass is 340 g/mol. The van der Waals surface area contributed by atoms with E-state index in [0.29, 0.717) is 28.8 Å². The van der Waals surface area contributed by atoms with Gasteiger partial charge in [-0.25, -0.2) is 14.4 Å². The van der Waals surface area contributed by atoms with Crippen molar-refractivity contribution in [2.75, 3.05) is 11.9 Å². The van der Waals surface area contributed by atoms with Gasteiger partial charge in [0.25, 0.3) is 5.91 Å². The number of allylic oxidation sites excluding steroid dienone is 2. The van der Waals surface area contributed by atoms with Crippen molar-refractivity contribution in [3.8, 4) is 0 Å². The van der Waals surface area contributed by atoms with E-state index in [-0.39, 0.29) is 5.92 Å². The van der Waals surface area contributed by atoms with Crippen molar-refractivity contribution in [1.29, 1.82) is 0 Å². The Labute approximate surface area is 145 Å². The first kappa shape index (κ1) is 17.1. The van der Waals surface area contributed by atoms with Gasteiger partial charge < -0.3 is 11.1 Å². The number of nitrogens with two attached hydrogens (primary N) is 1. The summed E-state index contributed by atoms with van der Waals surface area (Å²) in [7, 11) is 0. The number of nitrogens with one attached hydrogen (secondary N) is 1. The number of rotatable bonds is 4. The van der Waals surface area contributed by atoms with E-state index in [1.165, 1.54) is 6.33 Å². The van der Waals surface area contributed by atoms with Gasteiger partial charge in [-0.3, -0.25) is 4.79 Å². The molecule has 1 aromatic heterocycles. The van der Waals surface area contributed by atoms with E-state index in [1.54, 1.807) is 25.1 Å². The third-order valence-corrected chi connectivity index (χ3v) is 4.80. The van der Waals surface area contributed by atoms with Crippen molar-refractivity contribution in [3.63, 3.8) is 0 Å². The first-order chi connectivity index (χ1) is 11.8. The number of halogens is 1. The maximum atomic E-state index is 14.7. The summed E-state index contributed by atoms with van der Waals surface area (Å²) >= 11 is 0. The molecule has 1 heterocycles. The number of fused-ring (bicyclic) bond motifs is 1. The van der Waals surface area contributed by atoms with Gasteiger partial charge in [0.15, 0.2) is 0 Å². The van der Waals surface area contributed by atoms with E-state index in [4.69, 9.17) is 5.73 Å². The van der Waals surface area contributed by atoms with Gasteiger partial charge in [0.05, 0.1) is 11.1 Å². The van der Waals surface area contributed by atoms with Crippen molar-refractivity contribution in [2.24, 2.45) is 11.7 Å². The Hall–Kier alpha value is -2.76. The fourth-order valence-corrected chi connectivity index (χ4v) is 3.11. The van der Waals surface area contributed by atoms with Crippen LogP contribution in [0.25, 0.3) is 10.9 Å². The molecule has 0 spiro atoms. The van der Waals surface area contributed by atoms with Gasteiger partial charge in [-0.05, 0) is 37.6 Å². The fraction of sp³-hybridized carbons (Fsp3) is 0.316. The molecule has 1 aliphatic carbocycles.